The molecule has 1 N–H and O–H groups in total. The Morgan fingerprint density at radius 3 is 2.79 bits per heavy atom. The van der Waals surface area contributed by atoms with Gasteiger partial charge in [0.25, 0.3) is 0 Å². The molecule has 0 bridgehead atoms. The SMILES string of the molecule is CC(c1nc2nc(N(C)C)ccc2[nH]1)n1cncn1. The number of rotatable bonds is 3. The van der Waals surface area contributed by atoms with E-state index >= 15 is 0 Å². The molecule has 0 aliphatic heterocycles. The molecule has 7 nitrogen and oxygen atoms in total. The molecular weight excluding hydrogens is 242 g/mol. The number of aromatic nitrogens is 6. The summed E-state index contributed by atoms with van der Waals surface area (Å²) in [5.74, 6) is 1.71. The van der Waals surface area contributed by atoms with Gasteiger partial charge in [-0.15, -0.1) is 0 Å². The van der Waals surface area contributed by atoms with Gasteiger partial charge in [-0.25, -0.2) is 19.6 Å². The van der Waals surface area contributed by atoms with Gasteiger partial charge in [0, 0.05) is 14.1 Å². The lowest BCUT2D eigenvalue weighted by atomic mass is 10.3. The lowest BCUT2D eigenvalue weighted by Crippen LogP contribution is -2.10. The first kappa shape index (κ1) is 11.6. The number of hydrogen-bond acceptors (Lipinski definition) is 5. The van der Waals surface area contributed by atoms with E-state index in [1.54, 1.807) is 11.0 Å². The second kappa shape index (κ2) is 4.34. The third-order valence-electron chi connectivity index (χ3n) is 3.04. The molecule has 98 valence electrons. The topological polar surface area (TPSA) is 75.5 Å². The summed E-state index contributed by atoms with van der Waals surface area (Å²) < 4.78 is 1.75. The minimum absolute atomic E-state index is 0.000457. The van der Waals surface area contributed by atoms with Crippen molar-refractivity contribution in [2.45, 2.75) is 13.0 Å². The minimum atomic E-state index is -0.000457. The third kappa shape index (κ3) is 2.03. The van der Waals surface area contributed by atoms with Crippen molar-refractivity contribution in [2.75, 3.05) is 19.0 Å². The van der Waals surface area contributed by atoms with E-state index in [1.807, 2.05) is 38.1 Å². The molecule has 1 unspecified atom stereocenters. The molecule has 19 heavy (non-hydrogen) atoms. The zero-order valence-corrected chi connectivity index (χ0v) is 11.1. The van der Waals surface area contributed by atoms with Gasteiger partial charge in [-0.2, -0.15) is 5.10 Å². The van der Waals surface area contributed by atoms with Gasteiger partial charge in [0.05, 0.1) is 5.52 Å². The number of imidazole rings is 1. The summed E-state index contributed by atoms with van der Waals surface area (Å²) in [5, 5.41) is 4.13. The van der Waals surface area contributed by atoms with Crippen LogP contribution >= 0.6 is 0 Å². The van der Waals surface area contributed by atoms with Gasteiger partial charge in [-0.05, 0) is 19.1 Å². The lowest BCUT2D eigenvalue weighted by molar-refractivity contribution is 0.540. The number of H-pyrrole nitrogens is 1. The van der Waals surface area contributed by atoms with Crippen molar-refractivity contribution in [3.05, 3.63) is 30.6 Å². The van der Waals surface area contributed by atoms with Crippen molar-refractivity contribution >= 4 is 17.0 Å². The zero-order chi connectivity index (χ0) is 13.4. The van der Waals surface area contributed by atoms with E-state index in [1.165, 1.54) is 6.33 Å². The van der Waals surface area contributed by atoms with Crippen molar-refractivity contribution in [2.24, 2.45) is 0 Å². The number of hydrogen-bond donors (Lipinski definition) is 1. The molecular formula is C12H15N7. The Morgan fingerprint density at radius 2 is 2.11 bits per heavy atom. The minimum Gasteiger partial charge on any atom is -0.363 e. The first-order chi connectivity index (χ1) is 9.15. The molecule has 3 rings (SSSR count). The number of nitrogens with one attached hydrogen (secondary N) is 1. The van der Waals surface area contributed by atoms with Gasteiger partial charge in [0.2, 0.25) is 0 Å². The molecule has 0 spiro atoms. The summed E-state index contributed by atoms with van der Waals surface area (Å²) in [4.78, 5) is 18.2. The highest BCUT2D eigenvalue weighted by molar-refractivity contribution is 5.73. The second-order valence-corrected chi connectivity index (χ2v) is 4.61. The van der Waals surface area contributed by atoms with Crippen LogP contribution in [-0.2, 0) is 0 Å². The number of pyridine rings is 1. The number of aromatic amines is 1. The van der Waals surface area contributed by atoms with E-state index in [9.17, 15) is 0 Å². The highest BCUT2D eigenvalue weighted by atomic mass is 15.3. The standard InChI is InChI=1S/C12H15N7/c1-8(19-7-13-6-14-19)11-15-9-4-5-10(18(2)3)16-12(9)17-11/h4-8H,1-3H3,(H,15,16,17). The molecule has 0 aliphatic carbocycles. The fraction of sp³-hybridized carbons (Fsp3) is 0.333. The van der Waals surface area contributed by atoms with Crippen LogP contribution in [0.3, 0.4) is 0 Å². The fourth-order valence-electron chi connectivity index (χ4n) is 1.89. The van der Waals surface area contributed by atoms with Crippen LogP contribution in [0, 0.1) is 0 Å². The molecule has 0 radical (unpaired) electrons. The van der Waals surface area contributed by atoms with Crippen LogP contribution in [0.1, 0.15) is 18.8 Å². The summed E-state index contributed by atoms with van der Waals surface area (Å²) in [5.41, 5.74) is 1.64. The number of fused-ring (bicyclic) bond motifs is 1. The second-order valence-electron chi connectivity index (χ2n) is 4.61. The van der Waals surface area contributed by atoms with Crippen molar-refractivity contribution in [1.29, 1.82) is 0 Å². The number of nitrogens with zero attached hydrogens (tertiary/aromatic N) is 6. The van der Waals surface area contributed by atoms with Gasteiger partial charge in [0.15, 0.2) is 5.65 Å². The highest BCUT2D eigenvalue weighted by Crippen LogP contribution is 2.19. The van der Waals surface area contributed by atoms with Gasteiger partial charge in [-0.1, -0.05) is 0 Å². The van der Waals surface area contributed by atoms with Gasteiger partial charge >= 0.3 is 0 Å². The van der Waals surface area contributed by atoms with Crippen LogP contribution in [0.15, 0.2) is 24.8 Å². The van der Waals surface area contributed by atoms with Gasteiger partial charge in [0.1, 0.15) is 30.3 Å². The molecule has 7 heteroatoms. The zero-order valence-electron chi connectivity index (χ0n) is 11.1. The lowest BCUT2D eigenvalue weighted by Gasteiger charge is -2.09. The third-order valence-corrected chi connectivity index (χ3v) is 3.04. The van der Waals surface area contributed by atoms with E-state index in [0.29, 0.717) is 5.65 Å². The van der Waals surface area contributed by atoms with Gasteiger partial charge < -0.3 is 9.88 Å². The Morgan fingerprint density at radius 1 is 1.26 bits per heavy atom. The molecule has 3 aromatic rings. The Bertz CT molecular complexity index is 683. The molecule has 3 heterocycles. The molecule has 0 fully saturated rings. The molecule has 0 amide bonds. The maximum absolute atomic E-state index is 4.53. The van der Waals surface area contributed by atoms with Crippen molar-refractivity contribution in [1.82, 2.24) is 29.7 Å². The summed E-state index contributed by atoms with van der Waals surface area (Å²) >= 11 is 0. The van der Waals surface area contributed by atoms with E-state index in [-0.39, 0.29) is 6.04 Å². The van der Waals surface area contributed by atoms with Crippen molar-refractivity contribution < 1.29 is 0 Å². The van der Waals surface area contributed by atoms with Crippen LogP contribution < -0.4 is 4.90 Å². The maximum Gasteiger partial charge on any atom is 0.179 e. The van der Waals surface area contributed by atoms with Crippen LogP contribution in [-0.4, -0.2) is 43.8 Å². The predicted octanol–water partition coefficient (Wildman–Crippen LogP) is 1.22. The van der Waals surface area contributed by atoms with Crippen molar-refractivity contribution in [3.8, 4) is 0 Å². The summed E-state index contributed by atoms with van der Waals surface area (Å²) in [6, 6.07) is 3.95. The predicted molar refractivity (Wildman–Crippen MR) is 72.1 cm³/mol. The van der Waals surface area contributed by atoms with E-state index in [0.717, 1.165) is 17.2 Å². The van der Waals surface area contributed by atoms with E-state index < -0.39 is 0 Å². The van der Waals surface area contributed by atoms with Gasteiger partial charge in [-0.3, -0.25) is 0 Å². The van der Waals surface area contributed by atoms with Crippen LogP contribution in [0.2, 0.25) is 0 Å². The number of anilines is 1. The Balaban J connectivity index is 2.02. The Hall–Kier alpha value is -2.44. The molecule has 0 saturated carbocycles. The summed E-state index contributed by atoms with van der Waals surface area (Å²) in [7, 11) is 3.92. The average molecular weight is 257 g/mol. The molecule has 3 aromatic heterocycles. The van der Waals surface area contributed by atoms with E-state index in [4.69, 9.17) is 0 Å². The monoisotopic (exact) mass is 257 g/mol. The van der Waals surface area contributed by atoms with Crippen LogP contribution in [0.5, 0.6) is 0 Å². The summed E-state index contributed by atoms with van der Waals surface area (Å²) in [6.45, 7) is 2.01. The molecule has 1 atom stereocenters. The molecule has 0 aliphatic rings. The highest BCUT2D eigenvalue weighted by Gasteiger charge is 2.14. The maximum atomic E-state index is 4.53. The summed E-state index contributed by atoms with van der Waals surface area (Å²) in [6.07, 6.45) is 3.19. The fourth-order valence-corrected chi connectivity index (χ4v) is 1.89. The average Bonchev–Trinajstić information content (AvgIpc) is 3.06. The van der Waals surface area contributed by atoms with Crippen LogP contribution in [0.25, 0.3) is 11.2 Å². The first-order valence-corrected chi connectivity index (χ1v) is 6.03. The first-order valence-electron chi connectivity index (χ1n) is 6.03. The molecule has 0 aromatic carbocycles. The largest absolute Gasteiger partial charge is 0.363 e. The van der Waals surface area contributed by atoms with Crippen LogP contribution in [0.4, 0.5) is 5.82 Å². The normalized spacial score (nSPS) is 12.8. The van der Waals surface area contributed by atoms with E-state index in [2.05, 4.69) is 25.0 Å². The molecule has 0 saturated heterocycles. The Kier molecular flexibility index (Phi) is 2.66. The Labute approximate surface area is 110 Å². The van der Waals surface area contributed by atoms with Crippen molar-refractivity contribution in [3.63, 3.8) is 0 Å². The quantitative estimate of drug-likeness (QED) is 0.763. The smallest absolute Gasteiger partial charge is 0.179 e.